The molecule has 1 atom stereocenters. The normalized spacial score (nSPS) is 12.7. The van der Waals surface area contributed by atoms with E-state index in [-0.39, 0.29) is 18.0 Å². The molecule has 1 aromatic heterocycles. The highest BCUT2D eigenvalue weighted by Gasteiger charge is 2.19. The maximum absolute atomic E-state index is 13.6. The number of hydrogen-bond acceptors (Lipinski definition) is 2. The maximum Gasteiger partial charge on any atom is 0.129 e. The Bertz CT molecular complexity index is 548. The summed E-state index contributed by atoms with van der Waals surface area (Å²) in [6, 6.07) is 5.52. The summed E-state index contributed by atoms with van der Waals surface area (Å²) in [5.74, 6) is -1.05. The van der Waals surface area contributed by atoms with Crippen molar-refractivity contribution in [2.45, 2.75) is 12.5 Å². The van der Waals surface area contributed by atoms with E-state index in [0.717, 1.165) is 8.66 Å². The van der Waals surface area contributed by atoms with Gasteiger partial charge in [-0.1, -0.05) is 17.7 Å². The number of likely N-dealkylation sites (N-methyl/N-ethyl adjacent to an activating group) is 1. The first-order chi connectivity index (χ1) is 9.02. The molecule has 0 fully saturated rings. The molecule has 0 aliphatic heterocycles. The van der Waals surface area contributed by atoms with Gasteiger partial charge >= 0.3 is 0 Å². The van der Waals surface area contributed by atoms with E-state index in [2.05, 4.69) is 21.2 Å². The second kappa shape index (κ2) is 6.31. The zero-order chi connectivity index (χ0) is 14.0. The number of benzene rings is 1. The minimum atomic E-state index is -0.526. The topological polar surface area (TPSA) is 12.0 Å². The molecule has 2 rings (SSSR count). The van der Waals surface area contributed by atoms with Gasteiger partial charge in [-0.15, -0.1) is 11.3 Å². The quantitative estimate of drug-likeness (QED) is 0.807. The van der Waals surface area contributed by atoms with Crippen LogP contribution in [0.3, 0.4) is 0 Å². The van der Waals surface area contributed by atoms with Gasteiger partial charge in [0.1, 0.15) is 11.6 Å². The van der Waals surface area contributed by atoms with E-state index in [0.29, 0.717) is 5.02 Å². The van der Waals surface area contributed by atoms with Gasteiger partial charge in [-0.2, -0.15) is 0 Å². The van der Waals surface area contributed by atoms with Crippen molar-refractivity contribution in [3.63, 3.8) is 0 Å². The first-order valence-electron chi connectivity index (χ1n) is 5.57. The molecule has 1 unspecified atom stereocenters. The van der Waals surface area contributed by atoms with Crippen LogP contribution in [0.15, 0.2) is 28.1 Å². The smallest absolute Gasteiger partial charge is 0.129 e. The highest BCUT2D eigenvalue weighted by Crippen LogP contribution is 2.36. The molecule has 0 radical (unpaired) electrons. The van der Waals surface area contributed by atoms with Crippen LogP contribution in [0.1, 0.15) is 16.5 Å². The van der Waals surface area contributed by atoms with Crippen LogP contribution in [0, 0.1) is 11.6 Å². The van der Waals surface area contributed by atoms with Gasteiger partial charge in [0.15, 0.2) is 0 Å². The summed E-state index contributed by atoms with van der Waals surface area (Å²) in [6.45, 7) is 0. The second-order valence-corrected chi connectivity index (χ2v) is 6.82. The fourth-order valence-corrected chi connectivity index (χ4v) is 3.67. The molecular formula is C13H11BrClF2NS. The molecule has 0 saturated carbocycles. The number of thiophene rings is 1. The molecule has 0 amide bonds. The number of hydrogen-bond donors (Lipinski definition) is 1. The van der Waals surface area contributed by atoms with Crippen molar-refractivity contribution in [1.82, 2.24) is 5.32 Å². The van der Waals surface area contributed by atoms with Gasteiger partial charge in [0, 0.05) is 16.5 Å². The van der Waals surface area contributed by atoms with Crippen LogP contribution in [0.5, 0.6) is 0 Å². The van der Waals surface area contributed by atoms with Gasteiger partial charge in [-0.25, -0.2) is 8.78 Å². The standard InChI is InChI=1S/C13H11BrClF2NS/c1-18-11(12-6-8(15)13(14)19-12)5-7-9(16)3-2-4-10(7)17/h2-4,6,11,18H,5H2,1H3. The second-order valence-electron chi connectivity index (χ2n) is 4.02. The molecule has 1 aromatic carbocycles. The number of rotatable bonds is 4. The molecular weight excluding hydrogens is 356 g/mol. The van der Waals surface area contributed by atoms with E-state index in [1.165, 1.54) is 29.5 Å². The van der Waals surface area contributed by atoms with E-state index in [1.807, 2.05) is 0 Å². The zero-order valence-corrected chi connectivity index (χ0v) is 13.2. The van der Waals surface area contributed by atoms with Crippen molar-refractivity contribution in [2.75, 3.05) is 7.05 Å². The van der Waals surface area contributed by atoms with Gasteiger partial charge in [-0.05, 0) is 47.6 Å². The molecule has 1 nitrogen and oxygen atoms in total. The Morgan fingerprint density at radius 3 is 2.47 bits per heavy atom. The van der Waals surface area contributed by atoms with Crippen LogP contribution < -0.4 is 5.32 Å². The SMILES string of the molecule is CNC(Cc1c(F)cccc1F)c1cc(Cl)c(Br)s1. The molecule has 102 valence electrons. The van der Waals surface area contributed by atoms with Crippen molar-refractivity contribution in [1.29, 1.82) is 0 Å². The van der Waals surface area contributed by atoms with Crippen LogP contribution in [-0.2, 0) is 6.42 Å². The minimum Gasteiger partial charge on any atom is -0.312 e. The molecule has 2 aromatic rings. The van der Waals surface area contributed by atoms with Crippen molar-refractivity contribution < 1.29 is 8.78 Å². The van der Waals surface area contributed by atoms with Crippen LogP contribution in [0.25, 0.3) is 0 Å². The van der Waals surface area contributed by atoms with Crippen LogP contribution >= 0.6 is 38.9 Å². The summed E-state index contributed by atoms with van der Waals surface area (Å²) in [6.07, 6.45) is 0.234. The average Bonchev–Trinajstić information content (AvgIpc) is 2.69. The highest BCUT2D eigenvalue weighted by atomic mass is 79.9. The Morgan fingerprint density at radius 1 is 1.37 bits per heavy atom. The lowest BCUT2D eigenvalue weighted by Crippen LogP contribution is -2.19. The Hall–Kier alpha value is -0.490. The van der Waals surface area contributed by atoms with Crippen LogP contribution in [-0.4, -0.2) is 7.05 Å². The van der Waals surface area contributed by atoms with Crippen molar-refractivity contribution in [3.8, 4) is 0 Å². The van der Waals surface area contributed by atoms with Gasteiger partial charge < -0.3 is 5.32 Å². The molecule has 1 N–H and O–H groups in total. The summed E-state index contributed by atoms with van der Waals surface area (Å²) in [7, 11) is 1.75. The molecule has 0 saturated heterocycles. The zero-order valence-electron chi connectivity index (χ0n) is 10.0. The third-order valence-corrected chi connectivity index (χ3v) is 5.41. The monoisotopic (exact) mass is 365 g/mol. The van der Waals surface area contributed by atoms with E-state index < -0.39 is 11.6 Å². The fourth-order valence-electron chi connectivity index (χ4n) is 1.81. The van der Waals surface area contributed by atoms with Crippen molar-refractivity contribution >= 4 is 38.9 Å². The largest absolute Gasteiger partial charge is 0.312 e. The van der Waals surface area contributed by atoms with Crippen molar-refractivity contribution in [2.24, 2.45) is 0 Å². The predicted octanol–water partition coefficient (Wildman–Crippen LogP) is 4.95. The third kappa shape index (κ3) is 3.34. The summed E-state index contributed by atoms with van der Waals surface area (Å²) in [4.78, 5) is 0.932. The first kappa shape index (κ1) is 14.9. The van der Waals surface area contributed by atoms with E-state index in [4.69, 9.17) is 11.6 Å². The maximum atomic E-state index is 13.6. The summed E-state index contributed by atoms with van der Waals surface area (Å²) >= 11 is 10.8. The molecule has 0 aliphatic carbocycles. The van der Waals surface area contributed by atoms with E-state index in [1.54, 1.807) is 13.1 Å². The van der Waals surface area contributed by atoms with Crippen molar-refractivity contribution in [3.05, 3.63) is 55.1 Å². The third-order valence-electron chi connectivity index (χ3n) is 2.83. The fraction of sp³-hybridized carbons (Fsp3) is 0.231. The van der Waals surface area contributed by atoms with Gasteiger partial charge in [-0.3, -0.25) is 0 Å². The minimum absolute atomic E-state index is 0.0856. The first-order valence-corrected chi connectivity index (χ1v) is 7.56. The van der Waals surface area contributed by atoms with Crippen LogP contribution in [0.2, 0.25) is 5.02 Å². The van der Waals surface area contributed by atoms with Gasteiger partial charge in [0.05, 0.1) is 8.81 Å². The van der Waals surface area contributed by atoms with Gasteiger partial charge in [0.2, 0.25) is 0 Å². The predicted molar refractivity (Wildman–Crippen MR) is 78.9 cm³/mol. The van der Waals surface area contributed by atoms with Crippen LogP contribution in [0.4, 0.5) is 8.78 Å². The summed E-state index contributed by atoms with van der Waals surface area (Å²) in [5, 5.41) is 3.67. The Morgan fingerprint density at radius 2 is 2.00 bits per heavy atom. The molecule has 1 heterocycles. The number of nitrogens with one attached hydrogen (secondary N) is 1. The highest BCUT2D eigenvalue weighted by molar-refractivity contribution is 9.11. The van der Waals surface area contributed by atoms with E-state index >= 15 is 0 Å². The molecule has 6 heteroatoms. The molecule has 0 spiro atoms. The Labute approximate surface area is 127 Å². The molecule has 0 bridgehead atoms. The van der Waals surface area contributed by atoms with Gasteiger partial charge in [0.25, 0.3) is 0 Å². The lowest BCUT2D eigenvalue weighted by atomic mass is 10.0. The Kier molecular flexibility index (Phi) is 4.95. The summed E-state index contributed by atoms with van der Waals surface area (Å²) in [5.41, 5.74) is 0.0856. The summed E-state index contributed by atoms with van der Waals surface area (Å²) < 4.78 is 28.1. The lowest BCUT2D eigenvalue weighted by molar-refractivity contribution is 0.518. The van der Waals surface area contributed by atoms with E-state index in [9.17, 15) is 8.78 Å². The number of halogens is 4. The molecule has 0 aliphatic rings. The lowest BCUT2D eigenvalue weighted by Gasteiger charge is -2.15. The Balaban J connectivity index is 2.29. The average molecular weight is 367 g/mol. The molecule has 19 heavy (non-hydrogen) atoms.